The highest BCUT2D eigenvalue weighted by molar-refractivity contribution is 6.03. The highest BCUT2D eigenvalue weighted by Crippen LogP contribution is 2.40. The van der Waals surface area contributed by atoms with Gasteiger partial charge in [0.2, 0.25) is 0 Å². The molecule has 136 valence electrons. The number of fused-ring (bicyclic) bond motifs is 1. The number of rotatable bonds is 5. The van der Waals surface area contributed by atoms with Crippen LogP contribution in [0.15, 0.2) is 34.6 Å². The number of allylic oxidation sites excluding steroid dienone is 2. The summed E-state index contributed by atoms with van der Waals surface area (Å²) in [6.45, 7) is 7.37. The number of aryl methyl sites for hydroxylation is 1. The predicted octanol–water partition coefficient (Wildman–Crippen LogP) is 4.24. The minimum atomic E-state index is -0.228. The van der Waals surface area contributed by atoms with Gasteiger partial charge in [0.15, 0.2) is 0 Å². The van der Waals surface area contributed by atoms with Crippen molar-refractivity contribution in [2.75, 3.05) is 20.7 Å². The fourth-order valence-electron chi connectivity index (χ4n) is 3.99. The van der Waals surface area contributed by atoms with Crippen molar-refractivity contribution in [3.8, 4) is 0 Å². The van der Waals surface area contributed by atoms with Crippen LogP contribution in [-0.4, -0.2) is 42.4 Å². The van der Waals surface area contributed by atoms with Crippen LogP contribution < -0.4 is 0 Å². The molecule has 1 aromatic heterocycles. The molecule has 0 radical (unpaired) electrons. The number of aliphatic imine (C=N–C) groups is 1. The van der Waals surface area contributed by atoms with Gasteiger partial charge >= 0.3 is 0 Å². The predicted molar refractivity (Wildman–Crippen MR) is 103 cm³/mol. The highest BCUT2D eigenvalue weighted by Gasteiger charge is 2.34. The number of methoxy groups -OCH3 is 1. The molecule has 1 saturated carbocycles. The Labute approximate surface area is 152 Å². The average molecular weight is 341 g/mol. The van der Waals surface area contributed by atoms with Gasteiger partial charge in [0.05, 0.1) is 11.8 Å². The van der Waals surface area contributed by atoms with Gasteiger partial charge in [-0.2, -0.15) is 0 Å². The summed E-state index contributed by atoms with van der Waals surface area (Å²) in [7, 11) is 3.98. The molecule has 4 heteroatoms. The number of hydrogen-bond acceptors (Lipinski definition) is 4. The highest BCUT2D eigenvalue weighted by atomic mass is 16.5. The normalized spacial score (nSPS) is 24.6. The van der Waals surface area contributed by atoms with E-state index in [9.17, 15) is 0 Å². The maximum atomic E-state index is 5.47. The second kappa shape index (κ2) is 7.28. The van der Waals surface area contributed by atoms with E-state index in [2.05, 4.69) is 44.9 Å². The monoisotopic (exact) mass is 341 g/mol. The molecule has 1 aliphatic heterocycles. The summed E-state index contributed by atoms with van der Waals surface area (Å²) in [5, 5.41) is 0. The van der Waals surface area contributed by atoms with Crippen LogP contribution in [0.1, 0.15) is 57.2 Å². The molecule has 2 aliphatic rings. The Morgan fingerprint density at radius 2 is 2.08 bits per heavy atom. The summed E-state index contributed by atoms with van der Waals surface area (Å²) in [6, 6.07) is 4.30. The first kappa shape index (κ1) is 18.1. The number of nitrogens with zero attached hydrogens (tertiary/aromatic N) is 3. The lowest BCUT2D eigenvalue weighted by molar-refractivity contribution is 0.0932. The molecular formula is C21H31N3O. The van der Waals surface area contributed by atoms with Crippen molar-refractivity contribution in [3.63, 3.8) is 0 Å². The molecule has 0 N–H and O–H groups in total. The zero-order valence-electron chi connectivity index (χ0n) is 16.3. The molecule has 0 saturated heterocycles. The van der Waals surface area contributed by atoms with E-state index >= 15 is 0 Å². The van der Waals surface area contributed by atoms with Gasteiger partial charge in [0.25, 0.3) is 0 Å². The first-order chi connectivity index (χ1) is 11.9. The summed E-state index contributed by atoms with van der Waals surface area (Å²) in [5.74, 6) is 0. The molecule has 1 aromatic rings. The van der Waals surface area contributed by atoms with Crippen LogP contribution in [0, 0.1) is 6.92 Å². The van der Waals surface area contributed by atoms with Crippen molar-refractivity contribution >= 4 is 5.71 Å². The van der Waals surface area contributed by atoms with Crippen molar-refractivity contribution in [2.24, 2.45) is 4.99 Å². The van der Waals surface area contributed by atoms with Gasteiger partial charge in [-0.25, -0.2) is 0 Å². The molecule has 2 unspecified atom stereocenters. The third-order valence-electron chi connectivity index (χ3n) is 5.62. The number of pyridine rings is 1. The summed E-state index contributed by atoms with van der Waals surface area (Å²) in [5.41, 5.74) is 6.29. The first-order valence-electron chi connectivity index (χ1n) is 9.41. The minimum Gasteiger partial charge on any atom is -0.380 e. The van der Waals surface area contributed by atoms with E-state index in [0.29, 0.717) is 0 Å². The summed E-state index contributed by atoms with van der Waals surface area (Å²) in [6.07, 6.45) is 7.68. The standard InChI is InChI=1S/C21H31N3O/c1-15-9-10-20(22-13-15)21(3)12-11-19(24(4)14-16(2)25-5)17-7-6-8-18(17)23-21/h9-10,13,16H,6-8,11-12,14H2,1-5H3. The van der Waals surface area contributed by atoms with Crippen molar-refractivity contribution in [3.05, 3.63) is 40.9 Å². The Kier molecular flexibility index (Phi) is 5.28. The number of ether oxygens (including phenoxy) is 1. The van der Waals surface area contributed by atoms with Crippen LogP contribution in [0.4, 0.5) is 0 Å². The lowest BCUT2D eigenvalue weighted by Gasteiger charge is -2.28. The molecule has 1 fully saturated rings. The van der Waals surface area contributed by atoms with Gasteiger partial charge in [-0.05, 0) is 70.1 Å². The second-order valence-electron chi connectivity index (χ2n) is 7.76. The van der Waals surface area contributed by atoms with E-state index in [1.165, 1.54) is 29.0 Å². The molecule has 1 aliphatic carbocycles. The molecule has 4 nitrogen and oxygen atoms in total. The first-order valence-corrected chi connectivity index (χ1v) is 9.41. The third-order valence-corrected chi connectivity index (χ3v) is 5.62. The lowest BCUT2D eigenvalue weighted by Crippen LogP contribution is -2.29. The van der Waals surface area contributed by atoms with E-state index in [1.807, 2.05) is 6.20 Å². The van der Waals surface area contributed by atoms with Gasteiger partial charge in [-0.3, -0.25) is 9.98 Å². The Morgan fingerprint density at radius 3 is 2.76 bits per heavy atom. The molecule has 2 atom stereocenters. The van der Waals surface area contributed by atoms with Crippen LogP contribution in [0.5, 0.6) is 0 Å². The van der Waals surface area contributed by atoms with Crippen molar-refractivity contribution in [1.29, 1.82) is 0 Å². The van der Waals surface area contributed by atoms with Crippen LogP contribution in [0.25, 0.3) is 0 Å². The average Bonchev–Trinajstić information content (AvgIpc) is 2.97. The number of likely N-dealkylation sites (N-methyl/N-ethyl adjacent to an activating group) is 1. The molecule has 0 amide bonds. The minimum absolute atomic E-state index is 0.228. The largest absolute Gasteiger partial charge is 0.380 e. The maximum Gasteiger partial charge on any atom is 0.100 e. The number of hydrogen-bond donors (Lipinski definition) is 0. The van der Waals surface area contributed by atoms with Crippen LogP contribution in [0.3, 0.4) is 0 Å². The zero-order valence-corrected chi connectivity index (χ0v) is 16.3. The summed E-state index contributed by atoms with van der Waals surface area (Å²) in [4.78, 5) is 12.3. The molecule has 0 bridgehead atoms. The van der Waals surface area contributed by atoms with E-state index in [4.69, 9.17) is 14.7 Å². The van der Waals surface area contributed by atoms with Gasteiger partial charge in [0, 0.05) is 38.3 Å². The fraction of sp³-hybridized carbons (Fsp3) is 0.619. The van der Waals surface area contributed by atoms with Crippen LogP contribution >= 0.6 is 0 Å². The third kappa shape index (κ3) is 3.79. The van der Waals surface area contributed by atoms with E-state index in [-0.39, 0.29) is 11.6 Å². The quantitative estimate of drug-likeness (QED) is 0.804. The van der Waals surface area contributed by atoms with Gasteiger partial charge in [-0.1, -0.05) is 6.07 Å². The lowest BCUT2D eigenvalue weighted by atomic mass is 9.91. The Balaban J connectivity index is 1.90. The maximum absolute atomic E-state index is 5.47. The van der Waals surface area contributed by atoms with Crippen LogP contribution in [0.2, 0.25) is 0 Å². The smallest absolute Gasteiger partial charge is 0.100 e. The van der Waals surface area contributed by atoms with Gasteiger partial charge < -0.3 is 9.64 Å². The van der Waals surface area contributed by atoms with E-state index < -0.39 is 0 Å². The van der Waals surface area contributed by atoms with E-state index in [1.54, 1.807) is 7.11 Å². The molecule has 25 heavy (non-hydrogen) atoms. The van der Waals surface area contributed by atoms with Crippen molar-refractivity contribution in [1.82, 2.24) is 9.88 Å². The van der Waals surface area contributed by atoms with Crippen molar-refractivity contribution in [2.45, 2.75) is 64.5 Å². The Bertz CT molecular complexity index is 677. The zero-order chi connectivity index (χ0) is 18.0. The van der Waals surface area contributed by atoms with Crippen LogP contribution in [-0.2, 0) is 10.3 Å². The Hall–Kier alpha value is -1.68. The molecular weight excluding hydrogens is 310 g/mol. The van der Waals surface area contributed by atoms with Gasteiger partial charge in [-0.15, -0.1) is 0 Å². The summed E-state index contributed by atoms with van der Waals surface area (Å²) >= 11 is 0. The van der Waals surface area contributed by atoms with Crippen molar-refractivity contribution < 1.29 is 4.74 Å². The summed E-state index contributed by atoms with van der Waals surface area (Å²) < 4.78 is 5.47. The number of aromatic nitrogens is 1. The topological polar surface area (TPSA) is 37.7 Å². The second-order valence-corrected chi connectivity index (χ2v) is 7.76. The Morgan fingerprint density at radius 1 is 1.28 bits per heavy atom. The van der Waals surface area contributed by atoms with E-state index in [0.717, 1.165) is 37.9 Å². The van der Waals surface area contributed by atoms with Gasteiger partial charge in [0.1, 0.15) is 5.54 Å². The molecule has 3 rings (SSSR count). The molecule has 0 aromatic carbocycles. The fourth-order valence-corrected chi connectivity index (χ4v) is 3.99. The SMILES string of the molecule is COC(C)CN(C)C1=C2CCCC2=NC(C)(c2ccc(C)cn2)CC1. The molecule has 0 spiro atoms. The molecule has 2 heterocycles.